The molecule has 0 bridgehead atoms. The van der Waals surface area contributed by atoms with Crippen molar-refractivity contribution in [2.75, 3.05) is 13.2 Å². The second-order valence-electron chi connectivity index (χ2n) is 2.21. The molecule has 0 aliphatic rings. The molecule has 0 radical (unpaired) electrons. The standard InChI is InChI=1S/C8H9ClFNO/c9-7-2-1-6(10)5-8(7)12-4-3-11/h1-2,5H,3-4,11H2. The smallest absolute Gasteiger partial charge is 0.140 e. The van der Waals surface area contributed by atoms with Gasteiger partial charge in [0.1, 0.15) is 18.2 Å². The zero-order chi connectivity index (χ0) is 8.97. The van der Waals surface area contributed by atoms with Crippen LogP contribution in [0.3, 0.4) is 0 Å². The third-order valence-corrected chi connectivity index (χ3v) is 1.58. The highest BCUT2D eigenvalue weighted by molar-refractivity contribution is 6.32. The van der Waals surface area contributed by atoms with E-state index in [9.17, 15) is 4.39 Å². The highest BCUT2D eigenvalue weighted by Crippen LogP contribution is 2.24. The van der Waals surface area contributed by atoms with Gasteiger partial charge in [0.2, 0.25) is 0 Å². The first kappa shape index (κ1) is 9.29. The predicted octanol–water partition coefficient (Wildman–Crippen LogP) is 1.82. The Labute approximate surface area is 75.1 Å². The summed E-state index contributed by atoms with van der Waals surface area (Å²) < 4.78 is 17.7. The van der Waals surface area contributed by atoms with E-state index in [-0.39, 0.29) is 5.82 Å². The number of nitrogens with two attached hydrogens (primary N) is 1. The molecule has 1 rings (SSSR count). The van der Waals surface area contributed by atoms with Crippen LogP contribution in [-0.4, -0.2) is 13.2 Å². The van der Waals surface area contributed by atoms with E-state index in [2.05, 4.69) is 0 Å². The number of rotatable bonds is 3. The Morgan fingerprint density at radius 1 is 1.50 bits per heavy atom. The topological polar surface area (TPSA) is 35.2 Å². The lowest BCUT2D eigenvalue weighted by atomic mass is 10.3. The fraction of sp³-hybridized carbons (Fsp3) is 0.250. The van der Waals surface area contributed by atoms with Gasteiger partial charge in [0.25, 0.3) is 0 Å². The third kappa shape index (κ3) is 2.36. The monoisotopic (exact) mass is 189 g/mol. The molecular formula is C8H9ClFNO. The van der Waals surface area contributed by atoms with Gasteiger partial charge in [-0.2, -0.15) is 0 Å². The molecular weight excluding hydrogens is 181 g/mol. The molecule has 0 spiro atoms. The quantitative estimate of drug-likeness (QED) is 0.787. The van der Waals surface area contributed by atoms with Crippen molar-refractivity contribution in [3.05, 3.63) is 29.0 Å². The van der Waals surface area contributed by atoms with Crippen LogP contribution in [0.2, 0.25) is 5.02 Å². The highest BCUT2D eigenvalue weighted by Gasteiger charge is 2.01. The van der Waals surface area contributed by atoms with Gasteiger partial charge in [0.05, 0.1) is 5.02 Å². The molecule has 0 aliphatic carbocycles. The van der Waals surface area contributed by atoms with Crippen molar-refractivity contribution in [2.45, 2.75) is 0 Å². The largest absolute Gasteiger partial charge is 0.491 e. The maximum atomic E-state index is 12.6. The maximum Gasteiger partial charge on any atom is 0.140 e. The molecule has 0 amide bonds. The number of ether oxygens (including phenoxy) is 1. The van der Waals surface area contributed by atoms with Crippen LogP contribution in [0.25, 0.3) is 0 Å². The summed E-state index contributed by atoms with van der Waals surface area (Å²) in [5.74, 6) is -0.0338. The second-order valence-corrected chi connectivity index (χ2v) is 2.62. The van der Waals surface area contributed by atoms with E-state index in [1.54, 1.807) is 0 Å². The van der Waals surface area contributed by atoms with Crippen LogP contribution in [0, 0.1) is 5.82 Å². The fourth-order valence-electron chi connectivity index (χ4n) is 0.757. The van der Waals surface area contributed by atoms with E-state index in [0.717, 1.165) is 0 Å². The second kappa shape index (κ2) is 4.28. The number of hydrogen-bond donors (Lipinski definition) is 1. The summed E-state index contributed by atoms with van der Waals surface area (Å²) in [4.78, 5) is 0. The fourth-order valence-corrected chi connectivity index (χ4v) is 0.929. The first-order valence-corrected chi connectivity index (χ1v) is 3.90. The molecule has 0 aromatic heterocycles. The van der Waals surface area contributed by atoms with Crippen molar-refractivity contribution >= 4 is 11.6 Å². The van der Waals surface area contributed by atoms with Crippen molar-refractivity contribution < 1.29 is 9.13 Å². The summed E-state index contributed by atoms with van der Waals surface area (Å²) in [5, 5.41) is 0.393. The molecule has 0 saturated heterocycles. The SMILES string of the molecule is NCCOc1cc(F)ccc1Cl. The van der Waals surface area contributed by atoms with Crippen molar-refractivity contribution in [2.24, 2.45) is 5.73 Å². The van der Waals surface area contributed by atoms with Gasteiger partial charge >= 0.3 is 0 Å². The van der Waals surface area contributed by atoms with E-state index in [0.29, 0.717) is 23.9 Å². The van der Waals surface area contributed by atoms with E-state index < -0.39 is 0 Å². The summed E-state index contributed by atoms with van der Waals surface area (Å²) in [6.45, 7) is 0.718. The van der Waals surface area contributed by atoms with E-state index in [1.165, 1.54) is 18.2 Å². The van der Waals surface area contributed by atoms with Crippen LogP contribution in [0.1, 0.15) is 0 Å². The van der Waals surface area contributed by atoms with Crippen LogP contribution >= 0.6 is 11.6 Å². The number of benzene rings is 1. The molecule has 1 aromatic rings. The van der Waals surface area contributed by atoms with E-state index in [1.807, 2.05) is 0 Å². The van der Waals surface area contributed by atoms with Crippen LogP contribution in [0.15, 0.2) is 18.2 Å². The van der Waals surface area contributed by atoms with Gasteiger partial charge in [-0.15, -0.1) is 0 Å². The molecule has 0 fully saturated rings. The van der Waals surface area contributed by atoms with Crippen LogP contribution in [-0.2, 0) is 0 Å². The van der Waals surface area contributed by atoms with Crippen molar-refractivity contribution in [3.63, 3.8) is 0 Å². The Morgan fingerprint density at radius 3 is 2.92 bits per heavy atom. The van der Waals surface area contributed by atoms with Gasteiger partial charge in [-0.25, -0.2) is 4.39 Å². The minimum atomic E-state index is -0.369. The summed E-state index contributed by atoms with van der Waals surface area (Å²) in [6.07, 6.45) is 0. The molecule has 66 valence electrons. The molecule has 0 unspecified atom stereocenters. The molecule has 0 heterocycles. The zero-order valence-corrected chi connectivity index (χ0v) is 7.14. The first-order valence-electron chi connectivity index (χ1n) is 3.52. The molecule has 12 heavy (non-hydrogen) atoms. The van der Waals surface area contributed by atoms with Gasteiger partial charge in [-0.1, -0.05) is 11.6 Å². The lowest BCUT2D eigenvalue weighted by Gasteiger charge is -2.05. The summed E-state index contributed by atoms with van der Waals surface area (Å²) >= 11 is 5.70. The Bertz CT molecular complexity index is 267. The Balaban J connectivity index is 2.75. The van der Waals surface area contributed by atoms with Gasteiger partial charge in [0.15, 0.2) is 0 Å². The van der Waals surface area contributed by atoms with Crippen molar-refractivity contribution in [1.29, 1.82) is 0 Å². The number of halogens is 2. The third-order valence-electron chi connectivity index (χ3n) is 1.27. The lowest BCUT2D eigenvalue weighted by Crippen LogP contribution is -2.10. The molecule has 0 atom stereocenters. The van der Waals surface area contributed by atoms with Gasteiger partial charge < -0.3 is 10.5 Å². The summed E-state index contributed by atoms with van der Waals surface area (Å²) in [5.41, 5.74) is 5.20. The van der Waals surface area contributed by atoms with Gasteiger partial charge in [-0.05, 0) is 12.1 Å². The molecule has 0 aliphatic heterocycles. The van der Waals surface area contributed by atoms with E-state index in [4.69, 9.17) is 22.1 Å². The van der Waals surface area contributed by atoms with Crippen LogP contribution in [0.4, 0.5) is 4.39 Å². The average molecular weight is 190 g/mol. The number of hydrogen-bond acceptors (Lipinski definition) is 2. The Kier molecular flexibility index (Phi) is 3.31. The Morgan fingerprint density at radius 2 is 2.25 bits per heavy atom. The zero-order valence-electron chi connectivity index (χ0n) is 6.39. The van der Waals surface area contributed by atoms with Gasteiger partial charge in [0, 0.05) is 12.6 Å². The van der Waals surface area contributed by atoms with Crippen molar-refractivity contribution in [3.8, 4) is 5.75 Å². The maximum absolute atomic E-state index is 12.6. The molecule has 2 nitrogen and oxygen atoms in total. The summed E-state index contributed by atoms with van der Waals surface area (Å²) in [6, 6.07) is 3.96. The molecule has 1 aromatic carbocycles. The molecule has 4 heteroatoms. The normalized spacial score (nSPS) is 9.92. The average Bonchev–Trinajstić information content (AvgIpc) is 2.07. The predicted molar refractivity (Wildman–Crippen MR) is 46.0 cm³/mol. The minimum absolute atomic E-state index is 0.335. The van der Waals surface area contributed by atoms with Crippen molar-refractivity contribution in [1.82, 2.24) is 0 Å². The molecule has 0 saturated carbocycles. The highest BCUT2D eigenvalue weighted by atomic mass is 35.5. The van der Waals surface area contributed by atoms with Crippen LogP contribution < -0.4 is 10.5 Å². The van der Waals surface area contributed by atoms with E-state index >= 15 is 0 Å². The summed E-state index contributed by atoms with van der Waals surface area (Å²) in [7, 11) is 0. The van der Waals surface area contributed by atoms with Crippen LogP contribution in [0.5, 0.6) is 5.75 Å². The lowest BCUT2D eigenvalue weighted by molar-refractivity contribution is 0.326. The molecule has 2 N–H and O–H groups in total. The Hall–Kier alpha value is -0.800. The minimum Gasteiger partial charge on any atom is -0.491 e. The first-order chi connectivity index (χ1) is 5.74. The van der Waals surface area contributed by atoms with Gasteiger partial charge in [-0.3, -0.25) is 0 Å².